The zero-order chi connectivity index (χ0) is 19.4. The lowest BCUT2D eigenvalue weighted by molar-refractivity contribution is -0.126. The Morgan fingerprint density at radius 3 is 2.50 bits per heavy atom. The van der Waals surface area contributed by atoms with Gasteiger partial charge in [-0.2, -0.15) is 0 Å². The average Bonchev–Trinajstić information content (AvgIpc) is 2.81. The maximum atomic E-state index is 13.1. The average molecular weight is 423 g/mol. The molecule has 28 heavy (non-hydrogen) atoms. The summed E-state index contributed by atoms with van der Waals surface area (Å²) in [6.07, 6.45) is -1.11. The Morgan fingerprint density at radius 2 is 1.86 bits per heavy atom. The third-order valence-electron chi connectivity index (χ3n) is 4.91. The van der Waals surface area contributed by atoms with Gasteiger partial charge in [-0.05, 0) is 43.4 Å². The van der Waals surface area contributed by atoms with Gasteiger partial charge in [-0.1, -0.05) is 31.2 Å². The second-order valence-corrected chi connectivity index (χ2v) is 7.79. The molecule has 0 saturated heterocycles. The van der Waals surface area contributed by atoms with Gasteiger partial charge in [-0.25, -0.2) is 0 Å². The van der Waals surface area contributed by atoms with Crippen molar-refractivity contribution in [3.8, 4) is 5.75 Å². The SMILES string of the molecule is CCN(C)CCN1C(=O)[C@@H](O)[C@@H](c2ccc(OC)cc2)Sc2ccccc21.Cl. The van der Waals surface area contributed by atoms with Crippen molar-refractivity contribution in [2.24, 2.45) is 0 Å². The van der Waals surface area contributed by atoms with Crippen LogP contribution >= 0.6 is 24.2 Å². The summed E-state index contributed by atoms with van der Waals surface area (Å²) >= 11 is 1.53. The first kappa shape index (κ1) is 22.6. The highest BCUT2D eigenvalue weighted by atomic mass is 35.5. The number of thioether (sulfide) groups is 1. The molecule has 5 nitrogen and oxygen atoms in total. The van der Waals surface area contributed by atoms with Crippen LogP contribution in [0.15, 0.2) is 53.4 Å². The van der Waals surface area contributed by atoms with Gasteiger partial charge < -0.3 is 19.6 Å². The lowest BCUT2D eigenvalue weighted by atomic mass is 10.1. The predicted octanol–water partition coefficient (Wildman–Crippen LogP) is 3.61. The summed E-state index contributed by atoms with van der Waals surface area (Å²) < 4.78 is 5.22. The van der Waals surface area contributed by atoms with Crippen LogP contribution in [-0.4, -0.2) is 55.8 Å². The highest BCUT2D eigenvalue weighted by Gasteiger charge is 2.37. The van der Waals surface area contributed by atoms with Gasteiger partial charge in [0, 0.05) is 18.0 Å². The predicted molar refractivity (Wildman–Crippen MR) is 117 cm³/mol. The fourth-order valence-electron chi connectivity index (χ4n) is 3.09. The number of nitrogens with zero attached hydrogens (tertiary/aromatic N) is 2. The largest absolute Gasteiger partial charge is 0.497 e. The van der Waals surface area contributed by atoms with E-state index in [1.807, 2.05) is 55.6 Å². The maximum Gasteiger partial charge on any atom is 0.257 e. The van der Waals surface area contributed by atoms with E-state index in [4.69, 9.17) is 4.74 Å². The molecule has 1 aliphatic heterocycles. The molecule has 0 saturated carbocycles. The third-order valence-corrected chi connectivity index (χ3v) is 6.29. The minimum Gasteiger partial charge on any atom is -0.497 e. The van der Waals surface area contributed by atoms with Crippen molar-refractivity contribution >= 4 is 35.8 Å². The highest BCUT2D eigenvalue weighted by molar-refractivity contribution is 7.99. The number of likely N-dealkylation sites (N-methyl/N-ethyl adjacent to an activating group) is 1. The molecule has 3 rings (SSSR count). The number of halogens is 1. The van der Waals surface area contributed by atoms with Crippen molar-refractivity contribution in [3.05, 3.63) is 54.1 Å². The van der Waals surface area contributed by atoms with Crippen molar-refractivity contribution in [2.75, 3.05) is 38.7 Å². The number of rotatable bonds is 6. The van der Waals surface area contributed by atoms with Crippen LogP contribution in [0.3, 0.4) is 0 Å². The second kappa shape index (κ2) is 10.2. The van der Waals surface area contributed by atoms with Crippen LogP contribution in [-0.2, 0) is 4.79 Å². The molecule has 0 bridgehead atoms. The van der Waals surface area contributed by atoms with Gasteiger partial charge in [0.2, 0.25) is 0 Å². The Balaban J connectivity index is 0.00000280. The number of aliphatic hydroxyl groups excluding tert-OH is 1. The molecule has 1 aliphatic rings. The van der Waals surface area contributed by atoms with Gasteiger partial charge in [0.15, 0.2) is 0 Å². The number of hydrogen-bond acceptors (Lipinski definition) is 5. The van der Waals surface area contributed by atoms with Gasteiger partial charge in [0.05, 0.1) is 18.0 Å². The molecule has 7 heteroatoms. The van der Waals surface area contributed by atoms with E-state index >= 15 is 0 Å². The fraction of sp³-hybridized carbons (Fsp3) is 0.381. The fourth-order valence-corrected chi connectivity index (χ4v) is 4.36. The number of methoxy groups -OCH3 is 1. The van der Waals surface area contributed by atoms with E-state index in [-0.39, 0.29) is 23.6 Å². The van der Waals surface area contributed by atoms with E-state index in [9.17, 15) is 9.90 Å². The lowest BCUT2D eigenvalue weighted by Crippen LogP contribution is -2.43. The number of hydrogen-bond donors (Lipinski definition) is 1. The number of benzene rings is 2. The zero-order valence-corrected chi connectivity index (χ0v) is 18.0. The first-order valence-electron chi connectivity index (χ1n) is 9.12. The van der Waals surface area contributed by atoms with E-state index < -0.39 is 6.10 Å². The molecule has 0 unspecified atom stereocenters. The summed E-state index contributed by atoms with van der Waals surface area (Å²) in [5, 5.41) is 10.5. The quantitative estimate of drug-likeness (QED) is 0.770. The Morgan fingerprint density at radius 1 is 1.18 bits per heavy atom. The number of aliphatic hydroxyl groups is 1. The Bertz CT molecular complexity index is 787. The molecule has 152 valence electrons. The second-order valence-electron chi connectivity index (χ2n) is 6.61. The normalized spacial score (nSPS) is 19.0. The number of carbonyl (C=O) groups excluding carboxylic acids is 1. The van der Waals surface area contributed by atoms with Crippen LogP contribution < -0.4 is 9.64 Å². The standard InChI is InChI=1S/C21H26N2O3S.ClH/c1-4-22(2)13-14-23-17-7-5-6-8-18(17)27-20(19(24)21(23)25)15-9-11-16(26-3)12-10-15;/h5-12,19-20,24H,4,13-14H2,1-3H3;1H/t19-,20+;/m0./s1. The Hall–Kier alpha value is -1.73. The first-order valence-corrected chi connectivity index (χ1v) is 10.0. The summed E-state index contributed by atoms with van der Waals surface area (Å²) in [6.45, 7) is 4.30. The van der Waals surface area contributed by atoms with Crippen molar-refractivity contribution in [2.45, 2.75) is 23.2 Å². The molecule has 0 spiro atoms. The molecule has 1 heterocycles. The van der Waals surface area contributed by atoms with E-state index in [0.29, 0.717) is 6.54 Å². The van der Waals surface area contributed by atoms with Gasteiger partial charge in [0.1, 0.15) is 11.9 Å². The topological polar surface area (TPSA) is 53.0 Å². The van der Waals surface area contributed by atoms with Crippen molar-refractivity contribution < 1.29 is 14.6 Å². The molecule has 2 aromatic rings. The molecule has 1 amide bonds. The number of amides is 1. The van der Waals surface area contributed by atoms with Crippen LogP contribution in [0.1, 0.15) is 17.7 Å². The summed E-state index contributed by atoms with van der Waals surface area (Å²) in [6, 6.07) is 15.4. The van der Waals surface area contributed by atoms with Gasteiger partial charge in [-0.3, -0.25) is 4.79 Å². The molecule has 2 atom stereocenters. The Labute approximate surface area is 177 Å². The minimum absolute atomic E-state index is 0. The Kier molecular flexibility index (Phi) is 8.19. The molecular formula is C21H27ClN2O3S. The van der Waals surface area contributed by atoms with Crippen LogP contribution in [0.5, 0.6) is 5.75 Å². The summed E-state index contributed by atoms with van der Waals surface area (Å²) in [5.74, 6) is 0.501. The molecule has 2 aromatic carbocycles. The molecule has 1 N–H and O–H groups in total. The number of fused-ring (bicyclic) bond motifs is 1. The molecule has 0 radical (unpaired) electrons. The van der Waals surface area contributed by atoms with Crippen LogP contribution in [0, 0.1) is 0 Å². The smallest absolute Gasteiger partial charge is 0.257 e. The first-order chi connectivity index (χ1) is 13.0. The zero-order valence-electron chi connectivity index (χ0n) is 16.4. The van der Waals surface area contributed by atoms with Crippen LogP contribution in [0.25, 0.3) is 0 Å². The van der Waals surface area contributed by atoms with E-state index in [1.54, 1.807) is 12.0 Å². The molecular weight excluding hydrogens is 396 g/mol. The number of para-hydroxylation sites is 1. The number of anilines is 1. The van der Waals surface area contributed by atoms with Gasteiger partial charge in [-0.15, -0.1) is 24.2 Å². The van der Waals surface area contributed by atoms with Crippen molar-refractivity contribution in [3.63, 3.8) is 0 Å². The van der Waals surface area contributed by atoms with Gasteiger partial charge in [0.25, 0.3) is 5.91 Å². The van der Waals surface area contributed by atoms with E-state index in [1.165, 1.54) is 11.8 Å². The summed E-state index contributed by atoms with van der Waals surface area (Å²) in [7, 11) is 3.65. The van der Waals surface area contributed by atoms with Crippen LogP contribution in [0.2, 0.25) is 0 Å². The van der Waals surface area contributed by atoms with Crippen molar-refractivity contribution in [1.82, 2.24) is 4.90 Å². The molecule has 0 fully saturated rings. The van der Waals surface area contributed by atoms with Gasteiger partial charge >= 0.3 is 0 Å². The molecule has 0 aromatic heterocycles. The minimum atomic E-state index is -1.11. The number of ether oxygens (including phenoxy) is 1. The third kappa shape index (κ3) is 4.81. The van der Waals surface area contributed by atoms with E-state index in [0.717, 1.165) is 35.0 Å². The summed E-state index contributed by atoms with van der Waals surface area (Å²) in [4.78, 5) is 18.0. The van der Waals surface area contributed by atoms with Crippen LogP contribution in [0.4, 0.5) is 5.69 Å². The maximum absolute atomic E-state index is 13.1. The summed E-state index contributed by atoms with van der Waals surface area (Å²) in [5.41, 5.74) is 1.77. The van der Waals surface area contributed by atoms with Crippen molar-refractivity contribution in [1.29, 1.82) is 0 Å². The monoisotopic (exact) mass is 422 g/mol. The lowest BCUT2D eigenvalue weighted by Gasteiger charge is -2.27. The highest BCUT2D eigenvalue weighted by Crippen LogP contribution is 2.45. The molecule has 0 aliphatic carbocycles. The van der Waals surface area contributed by atoms with E-state index in [2.05, 4.69) is 11.8 Å². The number of carbonyl (C=O) groups is 1.